The predicted molar refractivity (Wildman–Crippen MR) is 92.2 cm³/mol. The van der Waals surface area contributed by atoms with Crippen LogP contribution in [-0.4, -0.2) is 12.2 Å². The van der Waals surface area contributed by atoms with Gasteiger partial charge in [-0.15, -0.1) is 0 Å². The largest absolute Gasteiger partial charge is 0.497 e. The maximum atomic E-state index is 14.4. The van der Waals surface area contributed by atoms with E-state index in [1.807, 2.05) is 18.2 Å². The summed E-state index contributed by atoms with van der Waals surface area (Å²) in [4.78, 5) is 0. The lowest BCUT2D eigenvalue weighted by Crippen LogP contribution is -2.16. The molecule has 3 heteroatoms. The highest BCUT2D eigenvalue weighted by Crippen LogP contribution is 2.41. The van der Waals surface area contributed by atoms with Crippen LogP contribution in [0.5, 0.6) is 5.75 Å². The lowest BCUT2D eigenvalue weighted by Gasteiger charge is -2.30. The number of halogens is 1. The second-order valence-corrected chi connectivity index (χ2v) is 7.01. The van der Waals surface area contributed by atoms with E-state index in [1.165, 1.54) is 6.07 Å². The zero-order valence-corrected chi connectivity index (χ0v) is 14.5. The number of hydrogen-bond acceptors (Lipinski definition) is 2. The number of benzene rings is 2. The summed E-state index contributed by atoms with van der Waals surface area (Å²) in [7, 11) is 1.57. The highest BCUT2D eigenvalue weighted by Gasteiger charge is 2.25. The fourth-order valence-electron chi connectivity index (χ4n) is 2.62. The van der Waals surface area contributed by atoms with Crippen LogP contribution in [-0.2, 0) is 6.61 Å². The number of ether oxygens (including phenoxy) is 1. The van der Waals surface area contributed by atoms with E-state index in [4.69, 9.17) is 4.74 Å². The first-order valence-electron chi connectivity index (χ1n) is 7.85. The van der Waals surface area contributed by atoms with Gasteiger partial charge in [-0.1, -0.05) is 45.9 Å². The molecule has 0 aliphatic carbocycles. The van der Waals surface area contributed by atoms with Gasteiger partial charge in [-0.05, 0) is 46.2 Å². The molecule has 0 fully saturated rings. The van der Waals surface area contributed by atoms with Gasteiger partial charge in [0, 0.05) is 5.56 Å². The molecule has 0 bridgehead atoms. The smallest absolute Gasteiger partial charge is 0.131 e. The van der Waals surface area contributed by atoms with Gasteiger partial charge in [-0.3, -0.25) is 0 Å². The van der Waals surface area contributed by atoms with Gasteiger partial charge < -0.3 is 9.84 Å². The van der Waals surface area contributed by atoms with Crippen LogP contribution in [0.4, 0.5) is 4.39 Å². The molecular weight excluding hydrogens is 291 g/mol. The Hall–Kier alpha value is -1.87. The minimum absolute atomic E-state index is 0.0231. The average Bonchev–Trinajstić information content (AvgIpc) is 2.53. The third-order valence-electron chi connectivity index (χ3n) is 4.53. The van der Waals surface area contributed by atoms with Crippen LogP contribution >= 0.6 is 0 Å². The van der Waals surface area contributed by atoms with E-state index >= 15 is 0 Å². The molecule has 0 aromatic heterocycles. The summed E-state index contributed by atoms with van der Waals surface area (Å²) in [5.74, 6) is 0.557. The SMILES string of the molecule is COc1ccc(F)c(-c2ccc(CO)cc2[C@@H](C)C(C)(C)C)c1. The van der Waals surface area contributed by atoms with Gasteiger partial charge in [0.2, 0.25) is 0 Å². The quantitative estimate of drug-likeness (QED) is 0.846. The van der Waals surface area contributed by atoms with Crippen molar-refractivity contribution in [3.63, 3.8) is 0 Å². The topological polar surface area (TPSA) is 29.5 Å². The molecule has 0 saturated heterocycles. The van der Waals surface area contributed by atoms with Gasteiger partial charge >= 0.3 is 0 Å². The minimum Gasteiger partial charge on any atom is -0.497 e. The highest BCUT2D eigenvalue weighted by atomic mass is 19.1. The number of hydrogen-bond donors (Lipinski definition) is 1. The van der Waals surface area contributed by atoms with Crippen molar-refractivity contribution < 1.29 is 14.2 Å². The van der Waals surface area contributed by atoms with E-state index in [2.05, 4.69) is 27.7 Å². The fraction of sp³-hybridized carbons (Fsp3) is 0.400. The van der Waals surface area contributed by atoms with Crippen molar-refractivity contribution in [2.24, 2.45) is 5.41 Å². The van der Waals surface area contributed by atoms with Crippen LogP contribution < -0.4 is 4.74 Å². The third kappa shape index (κ3) is 3.73. The van der Waals surface area contributed by atoms with Crippen molar-refractivity contribution in [3.8, 4) is 16.9 Å². The first kappa shape index (κ1) is 17.5. The Morgan fingerprint density at radius 2 is 1.78 bits per heavy atom. The van der Waals surface area contributed by atoms with Crippen molar-refractivity contribution >= 4 is 0 Å². The molecule has 2 aromatic carbocycles. The van der Waals surface area contributed by atoms with Gasteiger partial charge in [0.15, 0.2) is 0 Å². The summed E-state index contributed by atoms with van der Waals surface area (Å²) in [6.45, 7) is 8.60. The second-order valence-electron chi connectivity index (χ2n) is 7.01. The molecule has 23 heavy (non-hydrogen) atoms. The maximum absolute atomic E-state index is 14.4. The molecule has 0 radical (unpaired) electrons. The standard InChI is InChI=1S/C20H25FO2/c1-13(20(2,3)4)17-10-14(12-22)6-8-16(17)18-11-15(23-5)7-9-19(18)21/h6-11,13,22H,12H2,1-5H3/t13-/m1/s1. The summed E-state index contributed by atoms with van der Waals surface area (Å²) < 4.78 is 19.6. The molecule has 124 valence electrons. The summed E-state index contributed by atoms with van der Waals surface area (Å²) in [6.07, 6.45) is 0. The normalized spacial score (nSPS) is 13.0. The Balaban J connectivity index is 2.67. The molecule has 2 aromatic rings. The highest BCUT2D eigenvalue weighted by molar-refractivity contribution is 5.70. The van der Waals surface area contributed by atoms with E-state index in [0.717, 1.165) is 16.7 Å². The van der Waals surface area contributed by atoms with Crippen LogP contribution in [0.2, 0.25) is 0 Å². The van der Waals surface area contributed by atoms with Crippen molar-refractivity contribution in [2.45, 2.75) is 40.2 Å². The lowest BCUT2D eigenvalue weighted by molar-refractivity contribution is 0.281. The minimum atomic E-state index is -0.273. The summed E-state index contributed by atoms with van der Waals surface area (Å²) in [6, 6.07) is 10.5. The van der Waals surface area contributed by atoms with Crippen LogP contribution in [0.15, 0.2) is 36.4 Å². The Morgan fingerprint density at radius 3 is 2.35 bits per heavy atom. The Bertz CT molecular complexity index is 687. The van der Waals surface area contributed by atoms with Gasteiger partial charge in [-0.2, -0.15) is 0 Å². The number of aliphatic hydroxyl groups excluding tert-OH is 1. The van der Waals surface area contributed by atoms with Crippen molar-refractivity contribution in [3.05, 3.63) is 53.3 Å². The molecular formula is C20H25FO2. The van der Waals surface area contributed by atoms with Crippen LogP contribution in [0, 0.1) is 11.2 Å². The Morgan fingerprint density at radius 1 is 1.09 bits per heavy atom. The van der Waals surface area contributed by atoms with Crippen LogP contribution in [0.1, 0.15) is 44.7 Å². The molecule has 1 N–H and O–H groups in total. The first-order chi connectivity index (χ1) is 10.8. The summed E-state index contributed by atoms with van der Waals surface area (Å²) >= 11 is 0. The van der Waals surface area contributed by atoms with Gasteiger partial charge in [-0.25, -0.2) is 4.39 Å². The third-order valence-corrected chi connectivity index (χ3v) is 4.53. The van der Waals surface area contributed by atoms with Crippen LogP contribution in [0.25, 0.3) is 11.1 Å². The predicted octanol–water partition coefficient (Wildman–Crippen LogP) is 5.14. The summed E-state index contributed by atoms with van der Waals surface area (Å²) in [5, 5.41) is 9.45. The molecule has 0 amide bonds. The molecule has 1 atom stereocenters. The second kappa shape index (κ2) is 6.71. The van der Waals surface area contributed by atoms with E-state index in [-0.39, 0.29) is 23.8 Å². The monoisotopic (exact) mass is 316 g/mol. The van der Waals surface area contributed by atoms with Gasteiger partial charge in [0.25, 0.3) is 0 Å². The summed E-state index contributed by atoms with van der Waals surface area (Å²) in [5.41, 5.74) is 3.28. The van der Waals surface area contributed by atoms with E-state index < -0.39 is 0 Å². The zero-order valence-electron chi connectivity index (χ0n) is 14.5. The van der Waals surface area contributed by atoms with Gasteiger partial charge in [0.1, 0.15) is 11.6 Å². The van der Waals surface area contributed by atoms with Gasteiger partial charge in [0.05, 0.1) is 13.7 Å². The van der Waals surface area contributed by atoms with Crippen molar-refractivity contribution in [2.75, 3.05) is 7.11 Å². The Kier molecular flexibility index (Phi) is 5.10. The molecule has 2 rings (SSSR count). The fourth-order valence-corrected chi connectivity index (χ4v) is 2.62. The van der Waals surface area contributed by atoms with Crippen molar-refractivity contribution in [1.29, 1.82) is 0 Å². The molecule has 0 aliphatic heterocycles. The number of rotatable bonds is 4. The molecule has 0 saturated carbocycles. The molecule has 0 spiro atoms. The molecule has 0 aliphatic rings. The first-order valence-corrected chi connectivity index (χ1v) is 7.85. The zero-order chi connectivity index (χ0) is 17.2. The number of methoxy groups -OCH3 is 1. The number of aliphatic hydroxyl groups is 1. The molecule has 0 heterocycles. The maximum Gasteiger partial charge on any atom is 0.131 e. The van der Waals surface area contributed by atoms with Crippen LogP contribution in [0.3, 0.4) is 0 Å². The average molecular weight is 316 g/mol. The molecule has 2 nitrogen and oxygen atoms in total. The van der Waals surface area contributed by atoms with E-state index in [0.29, 0.717) is 11.3 Å². The van der Waals surface area contributed by atoms with E-state index in [1.54, 1.807) is 19.2 Å². The van der Waals surface area contributed by atoms with E-state index in [9.17, 15) is 9.50 Å². The van der Waals surface area contributed by atoms with Crippen molar-refractivity contribution in [1.82, 2.24) is 0 Å². The molecule has 0 unspecified atom stereocenters. The lowest BCUT2D eigenvalue weighted by atomic mass is 9.75. The Labute approximate surface area is 137 Å².